The van der Waals surface area contributed by atoms with E-state index in [0.29, 0.717) is 17.2 Å². The molecular formula is C15H12FN3. The maximum Gasteiger partial charge on any atom is 0.146 e. The van der Waals surface area contributed by atoms with Crippen molar-refractivity contribution < 1.29 is 4.39 Å². The average Bonchev–Trinajstić information content (AvgIpc) is 2.42. The van der Waals surface area contributed by atoms with Gasteiger partial charge in [-0.2, -0.15) is 0 Å². The molecule has 2 aromatic carbocycles. The highest BCUT2D eigenvalue weighted by Gasteiger charge is 2.06. The van der Waals surface area contributed by atoms with Gasteiger partial charge in [0, 0.05) is 22.7 Å². The Labute approximate surface area is 109 Å². The van der Waals surface area contributed by atoms with Crippen molar-refractivity contribution in [2.75, 3.05) is 11.1 Å². The van der Waals surface area contributed by atoms with Crippen molar-refractivity contribution >= 4 is 28.0 Å². The molecule has 0 aliphatic rings. The van der Waals surface area contributed by atoms with Gasteiger partial charge < -0.3 is 11.1 Å². The van der Waals surface area contributed by atoms with Crippen molar-refractivity contribution in [3.8, 4) is 0 Å². The van der Waals surface area contributed by atoms with Gasteiger partial charge in [-0.1, -0.05) is 24.3 Å². The highest BCUT2D eigenvalue weighted by Crippen LogP contribution is 2.28. The van der Waals surface area contributed by atoms with Crippen LogP contribution < -0.4 is 11.1 Å². The quantitative estimate of drug-likeness (QED) is 0.685. The minimum absolute atomic E-state index is 0.315. The third-order valence-electron chi connectivity index (χ3n) is 2.97. The Morgan fingerprint density at radius 2 is 1.79 bits per heavy atom. The number of fused-ring (bicyclic) bond motifs is 1. The summed E-state index contributed by atoms with van der Waals surface area (Å²) in [5, 5.41) is 4.77. The van der Waals surface area contributed by atoms with E-state index in [2.05, 4.69) is 10.3 Å². The lowest BCUT2D eigenvalue weighted by Crippen LogP contribution is -1.97. The highest BCUT2D eigenvalue weighted by atomic mass is 19.1. The molecule has 3 rings (SSSR count). The van der Waals surface area contributed by atoms with E-state index < -0.39 is 0 Å². The Morgan fingerprint density at radius 3 is 2.63 bits per heavy atom. The SMILES string of the molecule is Nc1cccc2c(Nc3ccccc3F)nccc12. The first kappa shape index (κ1) is 11.5. The average molecular weight is 253 g/mol. The molecule has 1 heterocycles. The van der Waals surface area contributed by atoms with Gasteiger partial charge in [-0.25, -0.2) is 9.37 Å². The molecule has 3 N–H and O–H groups in total. The highest BCUT2D eigenvalue weighted by molar-refractivity contribution is 5.99. The predicted molar refractivity (Wildman–Crippen MR) is 75.8 cm³/mol. The van der Waals surface area contributed by atoms with Gasteiger partial charge in [-0.05, 0) is 24.3 Å². The van der Waals surface area contributed by atoms with E-state index in [1.165, 1.54) is 6.07 Å². The second-order valence-corrected chi connectivity index (χ2v) is 4.21. The van der Waals surface area contributed by atoms with Crippen LogP contribution in [0.3, 0.4) is 0 Å². The number of anilines is 3. The molecular weight excluding hydrogens is 241 g/mol. The summed E-state index contributed by atoms with van der Waals surface area (Å²) in [5.74, 6) is 0.278. The molecule has 0 aliphatic heterocycles. The molecule has 3 aromatic rings. The van der Waals surface area contributed by atoms with E-state index in [1.807, 2.05) is 24.3 Å². The number of nitrogens with two attached hydrogens (primary N) is 1. The van der Waals surface area contributed by atoms with Crippen molar-refractivity contribution in [3.05, 3.63) is 60.5 Å². The smallest absolute Gasteiger partial charge is 0.146 e. The number of benzene rings is 2. The lowest BCUT2D eigenvalue weighted by Gasteiger charge is -2.10. The Hall–Kier alpha value is -2.62. The fourth-order valence-corrected chi connectivity index (χ4v) is 2.02. The minimum atomic E-state index is -0.315. The third-order valence-corrected chi connectivity index (χ3v) is 2.97. The summed E-state index contributed by atoms with van der Waals surface area (Å²) in [6.45, 7) is 0. The van der Waals surface area contributed by atoms with Crippen LogP contribution in [-0.4, -0.2) is 4.98 Å². The number of hydrogen-bond donors (Lipinski definition) is 2. The Balaban J connectivity index is 2.12. The van der Waals surface area contributed by atoms with Crippen LogP contribution in [0.15, 0.2) is 54.7 Å². The zero-order chi connectivity index (χ0) is 13.2. The summed E-state index contributed by atoms with van der Waals surface area (Å²) in [7, 11) is 0. The van der Waals surface area contributed by atoms with Gasteiger partial charge in [0.25, 0.3) is 0 Å². The number of halogens is 1. The van der Waals surface area contributed by atoms with Crippen LogP contribution in [0.1, 0.15) is 0 Å². The third kappa shape index (κ3) is 2.08. The number of rotatable bonds is 2. The van der Waals surface area contributed by atoms with Crippen LogP contribution >= 0.6 is 0 Å². The summed E-state index contributed by atoms with van der Waals surface area (Å²) in [5.41, 5.74) is 6.99. The molecule has 19 heavy (non-hydrogen) atoms. The number of nitrogens with zero attached hydrogens (tertiary/aromatic N) is 1. The van der Waals surface area contributed by atoms with Crippen LogP contribution in [0.4, 0.5) is 21.6 Å². The normalized spacial score (nSPS) is 10.6. The van der Waals surface area contributed by atoms with E-state index >= 15 is 0 Å². The second kappa shape index (κ2) is 4.57. The Morgan fingerprint density at radius 1 is 0.947 bits per heavy atom. The van der Waals surface area contributed by atoms with Crippen molar-refractivity contribution in [3.63, 3.8) is 0 Å². The molecule has 0 aliphatic carbocycles. The number of nitrogens with one attached hydrogen (secondary N) is 1. The zero-order valence-corrected chi connectivity index (χ0v) is 10.1. The van der Waals surface area contributed by atoms with Crippen LogP contribution in [-0.2, 0) is 0 Å². The summed E-state index contributed by atoms with van der Waals surface area (Å²) in [6.07, 6.45) is 1.65. The Bertz CT molecular complexity index is 740. The summed E-state index contributed by atoms with van der Waals surface area (Å²) in [4.78, 5) is 4.25. The van der Waals surface area contributed by atoms with Crippen LogP contribution in [0.5, 0.6) is 0 Å². The van der Waals surface area contributed by atoms with Crippen molar-refractivity contribution in [1.29, 1.82) is 0 Å². The molecule has 0 saturated heterocycles. The van der Waals surface area contributed by atoms with Crippen LogP contribution in [0.25, 0.3) is 10.8 Å². The van der Waals surface area contributed by atoms with Gasteiger partial charge in [0.05, 0.1) is 5.69 Å². The maximum atomic E-state index is 13.6. The monoisotopic (exact) mass is 253 g/mol. The molecule has 0 bridgehead atoms. The first-order chi connectivity index (χ1) is 9.25. The maximum absolute atomic E-state index is 13.6. The van der Waals surface area contributed by atoms with Gasteiger partial charge in [0.1, 0.15) is 11.6 Å². The number of para-hydroxylation sites is 1. The largest absolute Gasteiger partial charge is 0.398 e. The van der Waals surface area contributed by atoms with Crippen LogP contribution in [0, 0.1) is 5.82 Å². The molecule has 0 fully saturated rings. The molecule has 0 atom stereocenters. The second-order valence-electron chi connectivity index (χ2n) is 4.21. The van der Waals surface area contributed by atoms with Crippen molar-refractivity contribution in [2.24, 2.45) is 0 Å². The lowest BCUT2D eigenvalue weighted by molar-refractivity contribution is 0.632. The van der Waals surface area contributed by atoms with Crippen molar-refractivity contribution in [1.82, 2.24) is 4.98 Å². The fourth-order valence-electron chi connectivity index (χ4n) is 2.02. The Kier molecular flexibility index (Phi) is 2.76. The van der Waals surface area contributed by atoms with Crippen LogP contribution in [0.2, 0.25) is 0 Å². The molecule has 0 saturated carbocycles. The van der Waals surface area contributed by atoms with E-state index in [4.69, 9.17) is 5.73 Å². The summed E-state index contributed by atoms with van der Waals surface area (Å²) in [6, 6.07) is 13.9. The lowest BCUT2D eigenvalue weighted by atomic mass is 10.1. The molecule has 1 aromatic heterocycles. The number of pyridine rings is 1. The van der Waals surface area contributed by atoms with Gasteiger partial charge >= 0.3 is 0 Å². The summed E-state index contributed by atoms with van der Waals surface area (Å²) < 4.78 is 13.6. The topological polar surface area (TPSA) is 50.9 Å². The van der Waals surface area contributed by atoms with Crippen molar-refractivity contribution in [2.45, 2.75) is 0 Å². The zero-order valence-electron chi connectivity index (χ0n) is 10.1. The van der Waals surface area contributed by atoms with E-state index in [0.717, 1.165) is 10.8 Å². The molecule has 0 amide bonds. The van der Waals surface area contributed by atoms with Gasteiger partial charge in [-0.3, -0.25) is 0 Å². The number of aromatic nitrogens is 1. The molecule has 3 nitrogen and oxygen atoms in total. The number of nitrogen functional groups attached to an aromatic ring is 1. The first-order valence-corrected chi connectivity index (χ1v) is 5.90. The van der Waals surface area contributed by atoms with Gasteiger partial charge in [0.2, 0.25) is 0 Å². The molecule has 0 radical (unpaired) electrons. The standard InChI is InChI=1S/C15H12FN3/c16-12-5-1-2-7-14(12)19-15-11-4-3-6-13(17)10(11)8-9-18-15/h1-9H,17H2,(H,18,19). The minimum Gasteiger partial charge on any atom is -0.398 e. The fraction of sp³-hybridized carbons (Fsp3) is 0. The van der Waals surface area contributed by atoms with E-state index in [9.17, 15) is 4.39 Å². The predicted octanol–water partition coefficient (Wildman–Crippen LogP) is 3.70. The first-order valence-electron chi connectivity index (χ1n) is 5.90. The van der Waals surface area contributed by atoms with E-state index in [1.54, 1.807) is 24.4 Å². The molecule has 4 heteroatoms. The molecule has 0 unspecified atom stereocenters. The van der Waals surface area contributed by atoms with Gasteiger partial charge in [-0.15, -0.1) is 0 Å². The molecule has 94 valence electrons. The summed E-state index contributed by atoms with van der Waals surface area (Å²) >= 11 is 0. The number of hydrogen-bond acceptors (Lipinski definition) is 3. The molecule has 0 spiro atoms. The van der Waals surface area contributed by atoms with Gasteiger partial charge in [0.15, 0.2) is 0 Å². The van der Waals surface area contributed by atoms with E-state index in [-0.39, 0.29) is 5.82 Å².